The van der Waals surface area contributed by atoms with E-state index in [1.165, 1.54) is 0 Å². The maximum atomic E-state index is 14.8. The average molecular weight is 477 g/mol. The Labute approximate surface area is 199 Å². The number of halogens is 1. The maximum Gasteiger partial charge on any atom is 0.339 e. The lowest BCUT2D eigenvalue weighted by Crippen LogP contribution is -2.36. The molecule has 5 nitrogen and oxygen atoms in total. The Bertz CT molecular complexity index is 1400. The number of thioether (sulfide) groups is 1. The van der Waals surface area contributed by atoms with Gasteiger partial charge in [0.2, 0.25) is 0 Å². The van der Waals surface area contributed by atoms with Crippen LogP contribution in [0.5, 0.6) is 0 Å². The highest BCUT2D eigenvalue weighted by Crippen LogP contribution is 2.38. The molecule has 1 aliphatic rings. The molecule has 0 aromatic heterocycles. The van der Waals surface area contributed by atoms with Crippen LogP contribution in [0.4, 0.5) is 4.39 Å². The maximum absolute atomic E-state index is 14.8. The topological polar surface area (TPSA) is 72.8 Å². The molecular weight excluding hydrogens is 455 g/mol. The zero-order chi connectivity index (χ0) is 23.8. The molecule has 0 bridgehead atoms. The molecule has 0 saturated carbocycles. The number of esters is 2. The van der Waals surface area contributed by atoms with Crippen molar-refractivity contribution in [3.63, 3.8) is 0 Å². The second kappa shape index (κ2) is 9.08. The molecule has 1 saturated heterocycles. The number of rotatable bonds is 4. The van der Waals surface area contributed by atoms with Crippen LogP contribution in [0.2, 0.25) is 0 Å². The van der Waals surface area contributed by atoms with Gasteiger partial charge >= 0.3 is 11.9 Å². The van der Waals surface area contributed by atoms with Gasteiger partial charge in [0.15, 0.2) is 17.7 Å². The van der Waals surface area contributed by atoms with Gasteiger partial charge in [-0.1, -0.05) is 72.4 Å². The molecule has 4 aromatic carbocycles. The highest BCUT2D eigenvalue weighted by atomic mass is 32.2. The second-order valence-electron chi connectivity index (χ2n) is 8.14. The summed E-state index contributed by atoms with van der Waals surface area (Å²) >= 11 is 0.714. The van der Waals surface area contributed by atoms with Gasteiger partial charge in [0, 0.05) is 0 Å². The fourth-order valence-electron chi connectivity index (χ4n) is 4.14. The quantitative estimate of drug-likeness (QED) is 0.397. The minimum Gasteiger partial charge on any atom is -0.451 e. The van der Waals surface area contributed by atoms with E-state index in [1.807, 2.05) is 61.5 Å². The van der Waals surface area contributed by atoms with Gasteiger partial charge < -0.3 is 14.6 Å². The van der Waals surface area contributed by atoms with Gasteiger partial charge in [0.1, 0.15) is 5.44 Å². The number of aliphatic hydroxyl groups excluding tert-OH is 1. The molecule has 1 N–H and O–H groups in total. The first-order chi connectivity index (χ1) is 16.4. The van der Waals surface area contributed by atoms with Gasteiger partial charge in [-0.3, -0.25) is 0 Å². The third kappa shape index (κ3) is 4.13. The van der Waals surface area contributed by atoms with Crippen LogP contribution in [0, 0.1) is 6.92 Å². The van der Waals surface area contributed by atoms with Crippen LogP contribution in [0.1, 0.15) is 26.3 Å². The molecule has 0 radical (unpaired) electrons. The molecule has 1 aliphatic heterocycles. The van der Waals surface area contributed by atoms with E-state index in [4.69, 9.17) is 9.47 Å². The van der Waals surface area contributed by atoms with E-state index < -0.39 is 35.1 Å². The second-order valence-corrected chi connectivity index (χ2v) is 9.36. The van der Waals surface area contributed by atoms with E-state index in [2.05, 4.69) is 0 Å². The Morgan fingerprint density at radius 2 is 1.53 bits per heavy atom. The van der Waals surface area contributed by atoms with Gasteiger partial charge in [-0.15, -0.1) is 0 Å². The number of ether oxygens (including phenoxy) is 2. The van der Waals surface area contributed by atoms with Gasteiger partial charge in [0.05, 0.1) is 11.1 Å². The molecule has 4 atom stereocenters. The zero-order valence-electron chi connectivity index (χ0n) is 18.2. The molecule has 7 heteroatoms. The Kier molecular flexibility index (Phi) is 5.98. The minimum atomic E-state index is -1.90. The van der Waals surface area contributed by atoms with Gasteiger partial charge in [-0.05, 0) is 52.2 Å². The Hall–Kier alpha value is -3.42. The van der Waals surface area contributed by atoms with Crippen LogP contribution < -0.4 is 0 Å². The molecule has 1 fully saturated rings. The van der Waals surface area contributed by atoms with Gasteiger partial charge in [-0.25, -0.2) is 14.0 Å². The summed E-state index contributed by atoms with van der Waals surface area (Å²) in [5.74, 6) is -1.43. The molecule has 0 unspecified atom stereocenters. The molecule has 172 valence electrons. The summed E-state index contributed by atoms with van der Waals surface area (Å²) in [5.41, 5.74) is -1.37. The normalized spacial score (nSPS) is 22.1. The molecule has 0 aliphatic carbocycles. The summed E-state index contributed by atoms with van der Waals surface area (Å²) in [7, 11) is 0. The summed E-state index contributed by atoms with van der Waals surface area (Å²) in [5, 5.41) is 13.7. The molecule has 0 amide bonds. The van der Waals surface area contributed by atoms with Gasteiger partial charge in [-0.2, -0.15) is 0 Å². The number of aryl methyl sites for hydroxylation is 1. The standard InChI is InChI=1S/C27H21FO5S/c1-15-20-9-5-4-7-17(20)12-13-21(15)25(30)33-27-23(22(28)26(31)34-27)32-24(29)19-11-10-16-6-2-3-8-18(16)14-19/h2-14,22-23,26-27,31H,1H3/t22-,23-,26+,27+/m0/s1. The Balaban J connectivity index is 1.36. The first kappa shape index (κ1) is 22.4. The Morgan fingerprint density at radius 3 is 2.32 bits per heavy atom. The first-order valence-electron chi connectivity index (χ1n) is 10.8. The van der Waals surface area contributed by atoms with Crippen LogP contribution >= 0.6 is 11.8 Å². The van der Waals surface area contributed by atoms with Crippen molar-refractivity contribution in [2.75, 3.05) is 0 Å². The number of aliphatic hydroxyl groups is 1. The highest BCUT2D eigenvalue weighted by molar-refractivity contribution is 8.00. The number of carbonyl (C=O) groups excluding carboxylic acids is 2. The summed E-state index contributed by atoms with van der Waals surface area (Å²) < 4.78 is 25.7. The molecule has 0 spiro atoms. The molecule has 1 heterocycles. The van der Waals surface area contributed by atoms with Crippen molar-refractivity contribution in [1.82, 2.24) is 0 Å². The van der Waals surface area contributed by atoms with Crippen LogP contribution in [0.15, 0.2) is 78.9 Å². The van der Waals surface area contributed by atoms with Crippen molar-refractivity contribution in [2.24, 2.45) is 0 Å². The van der Waals surface area contributed by atoms with Crippen LogP contribution in [-0.2, 0) is 9.47 Å². The van der Waals surface area contributed by atoms with E-state index in [0.717, 1.165) is 27.1 Å². The molecule has 4 aromatic rings. The van der Waals surface area contributed by atoms with E-state index in [0.29, 0.717) is 17.3 Å². The lowest BCUT2D eigenvalue weighted by molar-refractivity contribution is -0.0388. The molecule has 34 heavy (non-hydrogen) atoms. The summed E-state index contributed by atoms with van der Waals surface area (Å²) in [6.07, 6.45) is -3.34. The number of fused-ring (bicyclic) bond motifs is 2. The van der Waals surface area contributed by atoms with E-state index in [-0.39, 0.29) is 5.56 Å². The third-order valence-electron chi connectivity index (χ3n) is 6.00. The van der Waals surface area contributed by atoms with Crippen molar-refractivity contribution in [3.8, 4) is 0 Å². The zero-order valence-corrected chi connectivity index (χ0v) is 19.0. The smallest absolute Gasteiger partial charge is 0.339 e. The number of benzene rings is 4. The van der Waals surface area contributed by atoms with Crippen LogP contribution in [-0.4, -0.2) is 40.2 Å². The first-order valence-corrected chi connectivity index (χ1v) is 11.7. The summed E-state index contributed by atoms with van der Waals surface area (Å²) in [6, 6.07) is 23.6. The number of carbonyl (C=O) groups is 2. The van der Waals surface area contributed by atoms with Crippen molar-refractivity contribution in [2.45, 2.75) is 30.1 Å². The lowest BCUT2D eigenvalue weighted by atomic mass is 10.0. The Morgan fingerprint density at radius 1 is 0.853 bits per heavy atom. The largest absolute Gasteiger partial charge is 0.451 e. The fraction of sp³-hybridized carbons (Fsp3) is 0.185. The van der Waals surface area contributed by atoms with Crippen molar-refractivity contribution in [1.29, 1.82) is 0 Å². The average Bonchev–Trinajstić information content (AvgIpc) is 3.11. The van der Waals surface area contributed by atoms with Crippen molar-refractivity contribution >= 4 is 45.2 Å². The van der Waals surface area contributed by atoms with E-state index in [1.54, 1.807) is 24.3 Å². The SMILES string of the molecule is Cc1c(C(=O)O[C@@H]2S[C@@H](O)[C@@H](F)[C@@H]2OC(=O)c2ccc3ccccc3c2)ccc2ccccc12. The van der Waals surface area contributed by atoms with Crippen LogP contribution in [0.3, 0.4) is 0 Å². The monoisotopic (exact) mass is 476 g/mol. The molecule has 5 rings (SSSR count). The highest BCUT2D eigenvalue weighted by Gasteiger charge is 2.49. The molecular formula is C27H21FO5S. The van der Waals surface area contributed by atoms with Crippen molar-refractivity contribution in [3.05, 3.63) is 95.6 Å². The summed E-state index contributed by atoms with van der Waals surface area (Å²) in [6.45, 7) is 1.81. The van der Waals surface area contributed by atoms with E-state index in [9.17, 15) is 19.1 Å². The fourth-order valence-corrected chi connectivity index (χ4v) is 5.23. The number of hydrogen-bond donors (Lipinski definition) is 1. The lowest BCUT2D eigenvalue weighted by Gasteiger charge is -2.21. The van der Waals surface area contributed by atoms with Gasteiger partial charge in [0.25, 0.3) is 0 Å². The predicted molar refractivity (Wildman–Crippen MR) is 130 cm³/mol. The minimum absolute atomic E-state index is 0.243. The predicted octanol–water partition coefficient (Wildman–Crippen LogP) is 5.41. The number of alkyl halides is 1. The summed E-state index contributed by atoms with van der Waals surface area (Å²) in [4.78, 5) is 25.7. The van der Waals surface area contributed by atoms with E-state index >= 15 is 0 Å². The van der Waals surface area contributed by atoms with Crippen LogP contribution in [0.25, 0.3) is 21.5 Å². The number of hydrogen-bond acceptors (Lipinski definition) is 6. The van der Waals surface area contributed by atoms with Crippen molar-refractivity contribution < 1.29 is 28.6 Å². The third-order valence-corrected chi connectivity index (χ3v) is 7.17.